The van der Waals surface area contributed by atoms with E-state index in [1.807, 2.05) is 16.7 Å². The number of benzene rings is 1. The molecule has 0 unspecified atom stereocenters. The predicted molar refractivity (Wildman–Crippen MR) is 120 cm³/mol. The van der Waals surface area contributed by atoms with Gasteiger partial charge in [0.1, 0.15) is 11.3 Å². The highest BCUT2D eigenvalue weighted by Crippen LogP contribution is 2.39. The maximum atomic E-state index is 14.5. The summed E-state index contributed by atoms with van der Waals surface area (Å²) in [7, 11) is 1.41. The number of ketones is 1. The van der Waals surface area contributed by atoms with Crippen molar-refractivity contribution >= 4 is 27.4 Å². The molecule has 5 rings (SSSR count). The zero-order valence-corrected chi connectivity index (χ0v) is 19.0. The van der Waals surface area contributed by atoms with E-state index < -0.39 is 5.82 Å². The summed E-state index contributed by atoms with van der Waals surface area (Å²) in [6, 6.07) is 7.42. The first-order chi connectivity index (χ1) is 15.5. The third-order valence-electron chi connectivity index (χ3n) is 5.69. The molecular weight excluding hydrogens is 477 g/mol. The molecule has 4 aromatic rings. The molecule has 32 heavy (non-hydrogen) atoms. The van der Waals surface area contributed by atoms with Crippen LogP contribution in [0.25, 0.3) is 5.65 Å². The number of hydrogen-bond donors (Lipinski definition) is 0. The van der Waals surface area contributed by atoms with E-state index >= 15 is 0 Å². The third-order valence-corrected chi connectivity index (χ3v) is 6.44. The molecule has 1 saturated carbocycles. The van der Waals surface area contributed by atoms with Crippen LogP contribution >= 0.6 is 15.9 Å². The van der Waals surface area contributed by atoms with Gasteiger partial charge in [0.05, 0.1) is 25.5 Å². The highest BCUT2D eigenvalue weighted by Gasteiger charge is 2.24. The van der Waals surface area contributed by atoms with E-state index in [4.69, 9.17) is 4.74 Å². The van der Waals surface area contributed by atoms with E-state index in [1.165, 1.54) is 25.5 Å². The molecule has 3 aromatic heterocycles. The number of halogens is 2. The maximum absolute atomic E-state index is 14.5. The minimum atomic E-state index is -0.463. The maximum Gasteiger partial charge on any atom is 0.185 e. The van der Waals surface area contributed by atoms with E-state index in [0.29, 0.717) is 22.5 Å². The Morgan fingerprint density at radius 3 is 2.84 bits per heavy atom. The van der Waals surface area contributed by atoms with Gasteiger partial charge in [-0.15, -0.1) is 5.10 Å². The molecule has 0 radical (unpaired) electrons. The summed E-state index contributed by atoms with van der Waals surface area (Å²) in [6.45, 7) is 0.413. The number of carbonyl (C=O) groups excluding carboxylic acids is 1. The number of ether oxygens (including phenoxy) is 1. The summed E-state index contributed by atoms with van der Waals surface area (Å²) < 4.78 is 23.7. The summed E-state index contributed by atoms with van der Waals surface area (Å²) in [5, 5.41) is 8.07. The van der Waals surface area contributed by atoms with E-state index in [9.17, 15) is 9.18 Å². The molecular formula is C23H21BrFN5O2. The van der Waals surface area contributed by atoms with Crippen molar-refractivity contribution in [3.05, 3.63) is 75.7 Å². The highest BCUT2D eigenvalue weighted by atomic mass is 79.9. The Kier molecular flexibility index (Phi) is 5.50. The summed E-state index contributed by atoms with van der Waals surface area (Å²) in [6.07, 6.45) is 8.57. The number of methoxy groups -OCH3 is 1. The number of pyridine rings is 1. The topological polar surface area (TPSA) is 74.3 Å². The van der Waals surface area contributed by atoms with Gasteiger partial charge >= 0.3 is 0 Å². The summed E-state index contributed by atoms with van der Waals surface area (Å²) in [5.74, 6) is 0.169. The first-order valence-corrected chi connectivity index (χ1v) is 11.2. The standard InChI is InChI=1S/C23H21BrFN5O2/c1-32-21-8-6-18(24)17(23(21)25)5-7-20(31)19-13-30(28-27-19)12-16-11-29-10-15(14-2-3-14)4-9-22(29)26-16/h4,6,8-11,13-14H,2-3,5,7,12H2,1H3. The van der Waals surface area contributed by atoms with Crippen molar-refractivity contribution < 1.29 is 13.9 Å². The number of aromatic nitrogens is 5. The van der Waals surface area contributed by atoms with E-state index in [0.717, 1.165) is 11.3 Å². The van der Waals surface area contributed by atoms with Crippen LogP contribution in [0.5, 0.6) is 5.75 Å². The van der Waals surface area contributed by atoms with Crippen LogP contribution in [0.1, 0.15) is 52.5 Å². The van der Waals surface area contributed by atoms with E-state index in [-0.39, 0.29) is 30.1 Å². The zero-order valence-electron chi connectivity index (χ0n) is 17.5. The Morgan fingerprint density at radius 1 is 1.22 bits per heavy atom. The second-order valence-corrected chi connectivity index (χ2v) is 8.86. The van der Waals surface area contributed by atoms with Gasteiger partial charge in [0, 0.05) is 28.9 Å². The highest BCUT2D eigenvalue weighted by molar-refractivity contribution is 9.10. The van der Waals surface area contributed by atoms with Crippen molar-refractivity contribution in [3.63, 3.8) is 0 Å². The minimum Gasteiger partial charge on any atom is -0.494 e. The number of nitrogens with zero attached hydrogens (tertiary/aromatic N) is 5. The normalized spacial score (nSPS) is 13.6. The van der Waals surface area contributed by atoms with Crippen LogP contribution in [0.2, 0.25) is 0 Å². The van der Waals surface area contributed by atoms with Crippen molar-refractivity contribution in [1.82, 2.24) is 24.4 Å². The molecule has 0 bridgehead atoms. The van der Waals surface area contributed by atoms with E-state index in [1.54, 1.807) is 23.0 Å². The fraction of sp³-hybridized carbons (Fsp3) is 0.304. The van der Waals surface area contributed by atoms with Crippen LogP contribution in [0.15, 0.2) is 47.3 Å². The Morgan fingerprint density at radius 2 is 2.06 bits per heavy atom. The number of rotatable bonds is 8. The monoisotopic (exact) mass is 497 g/mol. The minimum absolute atomic E-state index is 0.111. The Hall–Kier alpha value is -3.07. The largest absolute Gasteiger partial charge is 0.494 e. The van der Waals surface area contributed by atoms with Crippen molar-refractivity contribution in [2.24, 2.45) is 0 Å². The van der Waals surface area contributed by atoms with Gasteiger partial charge in [0.25, 0.3) is 0 Å². The van der Waals surface area contributed by atoms with Gasteiger partial charge in [-0.3, -0.25) is 4.79 Å². The second-order valence-electron chi connectivity index (χ2n) is 8.00. The SMILES string of the molecule is COc1ccc(Br)c(CCC(=O)c2cn(Cc3cn4cc(C5CC5)ccc4n3)nn2)c1F. The van der Waals surface area contributed by atoms with E-state index in [2.05, 4.69) is 43.5 Å². The molecule has 9 heteroatoms. The molecule has 3 heterocycles. The Bertz CT molecular complexity index is 1310. The van der Waals surface area contributed by atoms with Gasteiger partial charge in [-0.2, -0.15) is 0 Å². The van der Waals surface area contributed by atoms with Gasteiger partial charge in [0.2, 0.25) is 0 Å². The second kappa shape index (κ2) is 8.46. The summed E-state index contributed by atoms with van der Waals surface area (Å²) in [5.41, 5.74) is 3.72. The van der Waals surface area contributed by atoms with Gasteiger partial charge in [-0.1, -0.05) is 27.2 Å². The molecule has 0 aliphatic heterocycles. The van der Waals surface area contributed by atoms with Crippen molar-refractivity contribution in [1.29, 1.82) is 0 Å². The van der Waals surface area contributed by atoms with Crippen molar-refractivity contribution in [2.75, 3.05) is 7.11 Å². The van der Waals surface area contributed by atoms with Crippen LogP contribution in [0.4, 0.5) is 4.39 Å². The molecule has 1 aromatic carbocycles. The number of fused-ring (bicyclic) bond motifs is 1. The first kappa shape index (κ1) is 20.8. The number of Topliss-reactive ketones (excluding diaryl/α,β-unsaturated/α-hetero) is 1. The van der Waals surface area contributed by atoms with Crippen LogP contribution in [-0.4, -0.2) is 37.3 Å². The average Bonchev–Trinajstić information content (AvgIpc) is 3.40. The Balaban J connectivity index is 1.26. The molecule has 0 amide bonds. The van der Waals surface area contributed by atoms with Crippen LogP contribution < -0.4 is 4.74 Å². The molecule has 1 fully saturated rings. The van der Waals surface area contributed by atoms with Gasteiger partial charge < -0.3 is 9.14 Å². The first-order valence-electron chi connectivity index (χ1n) is 10.4. The molecule has 0 spiro atoms. The summed E-state index contributed by atoms with van der Waals surface area (Å²) in [4.78, 5) is 17.2. The molecule has 0 N–H and O–H groups in total. The lowest BCUT2D eigenvalue weighted by Crippen LogP contribution is -2.04. The fourth-order valence-electron chi connectivity index (χ4n) is 3.79. The number of carbonyl (C=O) groups is 1. The molecule has 1 aliphatic carbocycles. The van der Waals surface area contributed by atoms with Gasteiger partial charge in [0.15, 0.2) is 17.3 Å². The zero-order chi connectivity index (χ0) is 22.2. The van der Waals surface area contributed by atoms with Crippen LogP contribution in [-0.2, 0) is 13.0 Å². The smallest absolute Gasteiger partial charge is 0.185 e. The van der Waals surface area contributed by atoms with Crippen molar-refractivity contribution in [3.8, 4) is 5.75 Å². The third kappa shape index (κ3) is 4.17. The lowest BCUT2D eigenvalue weighted by Gasteiger charge is -2.09. The molecule has 1 aliphatic rings. The quantitative estimate of drug-likeness (QED) is 0.333. The van der Waals surface area contributed by atoms with Gasteiger partial charge in [-0.25, -0.2) is 14.1 Å². The number of imidazole rings is 1. The van der Waals surface area contributed by atoms with Crippen LogP contribution in [0.3, 0.4) is 0 Å². The lowest BCUT2D eigenvalue weighted by atomic mass is 10.1. The number of hydrogen-bond acceptors (Lipinski definition) is 5. The van der Waals surface area contributed by atoms with Gasteiger partial charge in [-0.05, 0) is 48.9 Å². The Labute approximate surface area is 192 Å². The molecule has 7 nitrogen and oxygen atoms in total. The molecule has 0 saturated heterocycles. The fourth-order valence-corrected chi connectivity index (χ4v) is 4.30. The van der Waals surface area contributed by atoms with Crippen molar-refractivity contribution in [2.45, 2.75) is 38.1 Å². The average molecular weight is 498 g/mol. The predicted octanol–water partition coefficient (Wildman–Crippen LogP) is 4.58. The molecule has 164 valence electrons. The van der Waals surface area contributed by atoms with Crippen LogP contribution in [0, 0.1) is 5.82 Å². The molecule has 0 atom stereocenters. The lowest BCUT2D eigenvalue weighted by molar-refractivity contribution is 0.0977. The summed E-state index contributed by atoms with van der Waals surface area (Å²) >= 11 is 3.34.